The summed E-state index contributed by atoms with van der Waals surface area (Å²) >= 11 is 0. The molecular formula is C27H56N2O3. The second-order valence-electron chi connectivity index (χ2n) is 8.97. The molecule has 0 saturated carbocycles. The van der Waals surface area contributed by atoms with Gasteiger partial charge in [0, 0.05) is 25.9 Å². The number of amides is 1. The third-order valence-electron chi connectivity index (χ3n) is 5.59. The number of carboxylic acid groups (broad SMARTS) is 1. The van der Waals surface area contributed by atoms with E-state index in [4.69, 9.17) is 5.11 Å². The van der Waals surface area contributed by atoms with Crippen LogP contribution in [0.3, 0.4) is 0 Å². The number of hydrogen-bond donors (Lipinski definition) is 2. The second kappa shape index (κ2) is 27.9. The highest BCUT2D eigenvalue weighted by atomic mass is 16.4. The molecular weight excluding hydrogens is 400 g/mol. The summed E-state index contributed by atoms with van der Waals surface area (Å²) < 4.78 is 0. The molecule has 192 valence electrons. The van der Waals surface area contributed by atoms with Gasteiger partial charge in [0.1, 0.15) is 0 Å². The topological polar surface area (TPSA) is 69.6 Å². The summed E-state index contributed by atoms with van der Waals surface area (Å²) in [6.45, 7) is 10.2. The molecule has 0 aromatic heterocycles. The predicted octanol–water partition coefficient (Wildman–Crippen LogP) is 7.88. The van der Waals surface area contributed by atoms with Crippen molar-refractivity contribution in [1.82, 2.24) is 10.4 Å². The van der Waals surface area contributed by atoms with Crippen molar-refractivity contribution in [2.24, 2.45) is 0 Å². The molecule has 0 saturated heterocycles. The Labute approximate surface area is 200 Å². The molecule has 5 heteroatoms. The van der Waals surface area contributed by atoms with E-state index in [0.29, 0.717) is 12.8 Å². The minimum atomic E-state index is -0.653. The molecule has 32 heavy (non-hydrogen) atoms. The van der Waals surface area contributed by atoms with Crippen LogP contribution in [0.4, 0.5) is 0 Å². The average Bonchev–Trinajstić information content (AvgIpc) is 2.77. The van der Waals surface area contributed by atoms with E-state index in [9.17, 15) is 9.59 Å². The van der Waals surface area contributed by atoms with Gasteiger partial charge >= 0.3 is 5.97 Å². The van der Waals surface area contributed by atoms with Gasteiger partial charge in [0.15, 0.2) is 0 Å². The first-order valence-corrected chi connectivity index (χ1v) is 13.8. The summed E-state index contributed by atoms with van der Waals surface area (Å²) in [5, 5.41) is 10.5. The summed E-state index contributed by atoms with van der Waals surface area (Å²) in [6, 6.07) is 0. The van der Waals surface area contributed by atoms with Crippen molar-refractivity contribution in [2.75, 3.05) is 13.1 Å². The monoisotopic (exact) mass is 456 g/mol. The van der Waals surface area contributed by atoms with Gasteiger partial charge in [0.25, 0.3) is 0 Å². The van der Waals surface area contributed by atoms with Crippen molar-refractivity contribution < 1.29 is 14.7 Å². The first-order valence-electron chi connectivity index (χ1n) is 13.8. The first kappa shape index (κ1) is 33.1. The fourth-order valence-corrected chi connectivity index (χ4v) is 3.67. The number of nitrogens with zero attached hydrogens (tertiary/aromatic N) is 1. The van der Waals surface area contributed by atoms with Crippen LogP contribution >= 0.6 is 0 Å². The summed E-state index contributed by atoms with van der Waals surface area (Å²) in [5.41, 5.74) is 2.86. The number of rotatable bonds is 22. The highest BCUT2D eigenvalue weighted by Crippen LogP contribution is 2.13. The molecule has 0 unspecified atom stereocenters. The van der Waals surface area contributed by atoms with Gasteiger partial charge in [-0.25, -0.2) is 5.01 Å². The highest BCUT2D eigenvalue weighted by molar-refractivity contribution is 5.74. The van der Waals surface area contributed by atoms with Crippen LogP contribution in [0.5, 0.6) is 0 Å². The number of hydrogen-bond acceptors (Lipinski definition) is 3. The molecule has 2 N–H and O–H groups in total. The quantitative estimate of drug-likeness (QED) is 0.128. The van der Waals surface area contributed by atoms with Crippen molar-refractivity contribution in [3.8, 4) is 0 Å². The number of carboxylic acids is 1. The molecule has 0 rings (SSSR count). The van der Waals surface area contributed by atoms with E-state index in [2.05, 4.69) is 26.2 Å². The van der Waals surface area contributed by atoms with E-state index in [1.165, 1.54) is 83.5 Å². The Kier molecular flexibility index (Phi) is 28.9. The van der Waals surface area contributed by atoms with Crippen LogP contribution in [0.15, 0.2) is 0 Å². The summed E-state index contributed by atoms with van der Waals surface area (Å²) in [6.07, 6.45) is 22.9. The van der Waals surface area contributed by atoms with Crippen LogP contribution in [0.2, 0.25) is 0 Å². The number of nitrogens with one attached hydrogen (secondary N) is 1. The molecule has 0 heterocycles. The molecule has 0 aliphatic heterocycles. The molecule has 0 atom stereocenters. The molecule has 0 spiro atoms. The SMILES string of the molecule is CCCCCCCCCCCCCCCCCC(=O)O.CCCN(CCC)NC(=O)CC. The third-order valence-corrected chi connectivity index (χ3v) is 5.59. The van der Waals surface area contributed by atoms with E-state index in [0.717, 1.165) is 38.8 Å². The molecule has 0 bridgehead atoms. The Morgan fingerprint density at radius 2 is 0.969 bits per heavy atom. The van der Waals surface area contributed by atoms with Crippen molar-refractivity contribution in [2.45, 2.75) is 150 Å². The van der Waals surface area contributed by atoms with E-state index >= 15 is 0 Å². The summed E-state index contributed by atoms with van der Waals surface area (Å²) in [7, 11) is 0. The first-order chi connectivity index (χ1) is 15.5. The van der Waals surface area contributed by atoms with Crippen LogP contribution in [0, 0.1) is 0 Å². The smallest absolute Gasteiger partial charge is 0.303 e. The Morgan fingerprint density at radius 3 is 1.28 bits per heavy atom. The Hall–Kier alpha value is -1.10. The summed E-state index contributed by atoms with van der Waals surface area (Å²) in [5.74, 6) is -0.545. The van der Waals surface area contributed by atoms with Gasteiger partial charge in [-0.1, -0.05) is 118 Å². The average molecular weight is 457 g/mol. The van der Waals surface area contributed by atoms with E-state index < -0.39 is 5.97 Å². The van der Waals surface area contributed by atoms with Crippen LogP contribution in [0.25, 0.3) is 0 Å². The summed E-state index contributed by atoms with van der Waals surface area (Å²) in [4.78, 5) is 21.4. The Bertz CT molecular complexity index is 396. The Morgan fingerprint density at radius 1 is 0.594 bits per heavy atom. The maximum atomic E-state index is 11.0. The van der Waals surface area contributed by atoms with Gasteiger partial charge in [-0.15, -0.1) is 0 Å². The number of unbranched alkanes of at least 4 members (excludes halogenated alkanes) is 14. The standard InChI is InChI=1S/C18H36O2.C9H20N2O/c1-2-3-4-5-6-7-8-9-10-11-12-13-14-15-16-17-18(19)20;1-4-7-11(8-5-2)10-9(12)6-3/h2-17H2,1H3,(H,19,20);4-8H2,1-3H3,(H,10,12). The van der Waals surface area contributed by atoms with Crippen LogP contribution in [-0.4, -0.2) is 35.1 Å². The highest BCUT2D eigenvalue weighted by Gasteiger charge is 2.04. The lowest BCUT2D eigenvalue weighted by atomic mass is 10.0. The number of hydrazine groups is 1. The van der Waals surface area contributed by atoms with Gasteiger partial charge < -0.3 is 5.11 Å². The molecule has 0 aromatic rings. The molecule has 0 fully saturated rings. The zero-order valence-electron chi connectivity index (χ0n) is 22.1. The number of carbonyl (C=O) groups excluding carboxylic acids is 1. The van der Waals surface area contributed by atoms with Gasteiger partial charge in [0.05, 0.1) is 0 Å². The van der Waals surface area contributed by atoms with Crippen molar-refractivity contribution >= 4 is 11.9 Å². The van der Waals surface area contributed by atoms with Crippen molar-refractivity contribution in [1.29, 1.82) is 0 Å². The zero-order chi connectivity index (χ0) is 24.3. The van der Waals surface area contributed by atoms with E-state index in [-0.39, 0.29) is 5.91 Å². The fraction of sp³-hybridized carbons (Fsp3) is 0.926. The zero-order valence-corrected chi connectivity index (χ0v) is 22.1. The van der Waals surface area contributed by atoms with Crippen molar-refractivity contribution in [3.63, 3.8) is 0 Å². The van der Waals surface area contributed by atoms with E-state index in [1.807, 2.05) is 11.9 Å². The molecule has 0 aliphatic rings. The van der Waals surface area contributed by atoms with Crippen molar-refractivity contribution in [3.05, 3.63) is 0 Å². The minimum Gasteiger partial charge on any atom is -0.481 e. The van der Waals surface area contributed by atoms with Crippen LogP contribution < -0.4 is 5.43 Å². The molecule has 0 aromatic carbocycles. The molecule has 0 radical (unpaired) electrons. The lowest BCUT2D eigenvalue weighted by Crippen LogP contribution is -2.42. The lowest BCUT2D eigenvalue weighted by Gasteiger charge is -2.21. The number of aliphatic carboxylic acids is 1. The largest absolute Gasteiger partial charge is 0.481 e. The normalized spacial score (nSPS) is 10.7. The van der Waals surface area contributed by atoms with Gasteiger partial charge in [-0.2, -0.15) is 0 Å². The van der Waals surface area contributed by atoms with Gasteiger partial charge in [0.2, 0.25) is 5.91 Å². The van der Waals surface area contributed by atoms with E-state index in [1.54, 1.807) is 0 Å². The maximum Gasteiger partial charge on any atom is 0.303 e. The predicted molar refractivity (Wildman–Crippen MR) is 138 cm³/mol. The fourth-order valence-electron chi connectivity index (χ4n) is 3.67. The molecule has 0 aliphatic carbocycles. The second-order valence-corrected chi connectivity index (χ2v) is 8.97. The third kappa shape index (κ3) is 28.9. The van der Waals surface area contributed by atoms with Crippen LogP contribution in [-0.2, 0) is 9.59 Å². The maximum absolute atomic E-state index is 11.0. The lowest BCUT2D eigenvalue weighted by molar-refractivity contribution is -0.137. The molecule has 5 nitrogen and oxygen atoms in total. The number of carbonyl (C=O) groups is 2. The van der Waals surface area contributed by atoms with Gasteiger partial charge in [-0.3, -0.25) is 15.0 Å². The van der Waals surface area contributed by atoms with Crippen LogP contribution in [0.1, 0.15) is 150 Å². The Balaban J connectivity index is 0. The minimum absolute atomic E-state index is 0.108. The molecule has 1 amide bonds. The van der Waals surface area contributed by atoms with Gasteiger partial charge in [-0.05, 0) is 19.3 Å².